The van der Waals surface area contributed by atoms with Gasteiger partial charge in [0.25, 0.3) is 0 Å². The summed E-state index contributed by atoms with van der Waals surface area (Å²) in [5.41, 5.74) is 0.847. The monoisotopic (exact) mass is 251 g/mol. The molecule has 1 aromatic rings. The first kappa shape index (κ1) is 14.4. The number of rotatable bonds is 7. The van der Waals surface area contributed by atoms with E-state index >= 15 is 0 Å². The molecule has 0 saturated carbocycles. The second-order valence-electron chi connectivity index (χ2n) is 4.94. The van der Waals surface area contributed by atoms with E-state index in [4.69, 9.17) is 0 Å². The van der Waals surface area contributed by atoms with Crippen molar-refractivity contribution in [3.05, 3.63) is 18.2 Å². The van der Waals surface area contributed by atoms with Crippen LogP contribution in [0.4, 0.5) is 0 Å². The Hall–Kier alpha value is -1.65. The lowest BCUT2D eigenvalue weighted by atomic mass is 10.1. The fraction of sp³-hybridized carbons (Fsp3) is 0.615. The molecule has 1 heterocycles. The average molecular weight is 251 g/mol. The normalized spacial score (nSPS) is 12.4. The highest BCUT2D eigenvalue weighted by atomic mass is 16.2. The number of amides is 1. The van der Waals surface area contributed by atoms with Gasteiger partial charge in [-0.25, -0.2) is 4.98 Å². The van der Waals surface area contributed by atoms with E-state index in [-0.39, 0.29) is 11.7 Å². The minimum Gasteiger partial charge on any atom is -0.348 e. The Balaban J connectivity index is 2.48. The van der Waals surface area contributed by atoms with Gasteiger partial charge in [0, 0.05) is 24.7 Å². The predicted molar refractivity (Wildman–Crippen MR) is 69.0 cm³/mol. The first-order chi connectivity index (χ1) is 8.49. The molecule has 5 nitrogen and oxygen atoms in total. The summed E-state index contributed by atoms with van der Waals surface area (Å²) in [5, 5.41) is 2.77. The van der Waals surface area contributed by atoms with Crippen LogP contribution >= 0.6 is 0 Å². The maximum absolute atomic E-state index is 11.7. The molecule has 1 aromatic heterocycles. The van der Waals surface area contributed by atoms with Crippen LogP contribution in [0.1, 0.15) is 39.3 Å². The molecule has 0 fully saturated rings. The number of nitrogens with one attached hydrogen (secondary N) is 2. The molecule has 0 saturated heterocycles. The molecule has 1 rings (SSSR count). The van der Waals surface area contributed by atoms with Gasteiger partial charge in [-0.15, -0.1) is 0 Å². The summed E-state index contributed by atoms with van der Waals surface area (Å²) in [6.45, 7) is 5.63. The Bertz CT molecular complexity index is 385. The molecule has 0 aromatic carbocycles. The van der Waals surface area contributed by atoms with Crippen molar-refractivity contribution in [2.75, 3.05) is 0 Å². The van der Waals surface area contributed by atoms with Gasteiger partial charge in [-0.3, -0.25) is 9.59 Å². The zero-order valence-corrected chi connectivity index (χ0v) is 11.2. The third kappa shape index (κ3) is 5.12. The minimum absolute atomic E-state index is 0.0394. The molecule has 1 unspecified atom stereocenters. The van der Waals surface area contributed by atoms with Gasteiger partial charge in [-0.05, 0) is 19.3 Å². The Morgan fingerprint density at radius 1 is 1.44 bits per heavy atom. The number of nitrogens with zero attached hydrogens (tertiary/aromatic N) is 1. The molecule has 100 valence electrons. The van der Waals surface area contributed by atoms with Crippen LogP contribution in [0.3, 0.4) is 0 Å². The van der Waals surface area contributed by atoms with Crippen molar-refractivity contribution >= 4 is 11.7 Å². The van der Waals surface area contributed by atoms with Crippen molar-refractivity contribution in [1.82, 2.24) is 15.3 Å². The largest absolute Gasteiger partial charge is 0.348 e. The SMILES string of the molecule is CC(=O)C(Cc1cnc[nH]1)NC(=O)CCC(C)C. The van der Waals surface area contributed by atoms with Crippen molar-refractivity contribution in [2.45, 2.75) is 46.1 Å². The van der Waals surface area contributed by atoms with E-state index in [1.807, 2.05) is 0 Å². The first-order valence-electron chi connectivity index (χ1n) is 6.26. The molecule has 1 atom stereocenters. The van der Waals surface area contributed by atoms with Crippen LogP contribution in [-0.2, 0) is 16.0 Å². The first-order valence-corrected chi connectivity index (χ1v) is 6.26. The second-order valence-corrected chi connectivity index (χ2v) is 4.94. The number of ketones is 1. The molecular weight excluding hydrogens is 230 g/mol. The van der Waals surface area contributed by atoms with Crippen LogP contribution in [0.25, 0.3) is 0 Å². The molecule has 0 aliphatic heterocycles. The number of Topliss-reactive ketones (excluding diaryl/α,β-unsaturated/α-hetero) is 1. The van der Waals surface area contributed by atoms with Gasteiger partial charge < -0.3 is 10.3 Å². The van der Waals surface area contributed by atoms with E-state index in [1.54, 1.807) is 12.5 Å². The molecule has 0 bridgehead atoms. The van der Waals surface area contributed by atoms with Crippen molar-refractivity contribution in [1.29, 1.82) is 0 Å². The van der Waals surface area contributed by atoms with Gasteiger partial charge in [-0.2, -0.15) is 0 Å². The van der Waals surface area contributed by atoms with Gasteiger partial charge in [0.15, 0.2) is 5.78 Å². The number of carbonyl (C=O) groups is 2. The van der Waals surface area contributed by atoms with Crippen molar-refractivity contribution < 1.29 is 9.59 Å². The maximum Gasteiger partial charge on any atom is 0.220 e. The maximum atomic E-state index is 11.7. The van der Waals surface area contributed by atoms with Crippen molar-refractivity contribution in [3.8, 4) is 0 Å². The number of hydrogen-bond donors (Lipinski definition) is 2. The minimum atomic E-state index is -0.467. The van der Waals surface area contributed by atoms with Gasteiger partial charge in [-0.1, -0.05) is 13.8 Å². The topological polar surface area (TPSA) is 74.8 Å². The molecular formula is C13H21N3O2. The van der Waals surface area contributed by atoms with E-state index in [2.05, 4.69) is 29.1 Å². The van der Waals surface area contributed by atoms with Gasteiger partial charge in [0.1, 0.15) is 0 Å². The Labute approximate surface area is 107 Å². The molecule has 0 aliphatic carbocycles. The number of carbonyl (C=O) groups excluding carboxylic acids is 2. The van der Waals surface area contributed by atoms with E-state index in [9.17, 15) is 9.59 Å². The van der Waals surface area contributed by atoms with Crippen LogP contribution in [0, 0.1) is 5.92 Å². The fourth-order valence-electron chi connectivity index (χ4n) is 1.60. The summed E-state index contributed by atoms with van der Waals surface area (Å²) >= 11 is 0. The van der Waals surface area contributed by atoms with E-state index < -0.39 is 6.04 Å². The standard InChI is InChI=1S/C13H21N3O2/c1-9(2)4-5-13(18)16-12(10(3)17)6-11-7-14-8-15-11/h7-9,12H,4-6H2,1-3H3,(H,14,15)(H,16,18). The molecule has 1 amide bonds. The van der Waals surface area contributed by atoms with Crippen LogP contribution in [0.15, 0.2) is 12.5 Å². The van der Waals surface area contributed by atoms with E-state index in [0.29, 0.717) is 18.8 Å². The predicted octanol–water partition coefficient (Wildman–Crippen LogP) is 1.46. The number of aromatic amines is 1. The number of H-pyrrole nitrogens is 1. The van der Waals surface area contributed by atoms with E-state index in [0.717, 1.165) is 12.1 Å². The van der Waals surface area contributed by atoms with Crippen molar-refractivity contribution in [3.63, 3.8) is 0 Å². The molecule has 2 N–H and O–H groups in total. The Morgan fingerprint density at radius 2 is 2.17 bits per heavy atom. The smallest absolute Gasteiger partial charge is 0.220 e. The lowest BCUT2D eigenvalue weighted by Crippen LogP contribution is -2.41. The highest BCUT2D eigenvalue weighted by Crippen LogP contribution is 2.05. The Morgan fingerprint density at radius 3 is 2.67 bits per heavy atom. The summed E-state index contributed by atoms with van der Waals surface area (Å²) in [5.74, 6) is 0.380. The quantitative estimate of drug-likeness (QED) is 0.770. The summed E-state index contributed by atoms with van der Waals surface area (Å²) in [7, 11) is 0. The zero-order chi connectivity index (χ0) is 13.5. The van der Waals surface area contributed by atoms with Crippen LogP contribution in [0.5, 0.6) is 0 Å². The number of imidazole rings is 1. The van der Waals surface area contributed by atoms with Gasteiger partial charge in [0.05, 0.1) is 12.4 Å². The highest BCUT2D eigenvalue weighted by molar-refractivity contribution is 5.87. The molecule has 0 aliphatic rings. The lowest BCUT2D eigenvalue weighted by molar-refractivity contribution is -0.127. The molecule has 18 heavy (non-hydrogen) atoms. The molecule has 0 radical (unpaired) electrons. The summed E-state index contributed by atoms with van der Waals surface area (Å²) in [6.07, 6.45) is 4.98. The molecule has 0 spiro atoms. The van der Waals surface area contributed by atoms with Crippen LogP contribution in [-0.4, -0.2) is 27.7 Å². The van der Waals surface area contributed by atoms with Crippen LogP contribution < -0.4 is 5.32 Å². The third-order valence-electron chi connectivity index (χ3n) is 2.75. The second kappa shape index (κ2) is 6.93. The fourth-order valence-corrected chi connectivity index (χ4v) is 1.60. The zero-order valence-electron chi connectivity index (χ0n) is 11.2. The number of aromatic nitrogens is 2. The van der Waals surface area contributed by atoms with Gasteiger partial charge >= 0.3 is 0 Å². The molecule has 5 heteroatoms. The average Bonchev–Trinajstić information content (AvgIpc) is 2.78. The van der Waals surface area contributed by atoms with Crippen molar-refractivity contribution in [2.24, 2.45) is 5.92 Å². The van der Waals surface area contributed by atoms with E-state index in [1.165, 1.54) is 6.92 Å². The van der Waals surface area contributed by atoms with Gasteiger partial charge in [0.2, 0.25) is 5.91 Å². The Kier molecular flexibility index (Phi) is 5.55. The van der Waals surface area contributed by atoms with Crippen LogP contribution in [0.2, 0.25) is 0 Å². The highest BCUT2D eigenvalue weighted by Gasteiger charge is 2.18. The summed E-state index contributed by atoms with van der Waals surface area (Å²) in [4.78, 5) is 30.0. The summed E-state index contributed by atoms with van der Waals surface area (Å²) in [6, 6.07) is -0.467. The third-order valence-corrected chi connectivity index (χ3v) is 2.75. The summed E-state index contributed by atoms with van der Waals surface area (Å²) < 4.78 is 0. The number of hydrogen-bond acceptors (Lipinski definition) is 3. The lowest BCUT2D eigenvalue weighted by Gasteiger charge is -2.15.